The fourth-order valence-electron chi connectivity index (χ4n) is 2.03. The molecule has 1 atom stereocenters. The van der Waals surface area contributed by atoms with Gasteiger partial charge in [0.1, 0.15) is 0 Å². The van der Waals surface area contributed by atoms with Gasteiger partial charge in [-0.25, -0.2) is 0 Å². The number of aliphatic hydroxyl groups excluding tert-OH is 1. The summed E-state index contributed by atoms with van der Waals surface area (Å²) in [5.74, 6) is 0. The van der Waals surface area contributed by atoms with Crippen molar-refractivity contribution in [3.8, 4) is 0 Å². The van der Waals surface area contributed by atoms with Gasteiger partial charge in [0.25, 0.3) is 0 Å². The van der Waals surface area contributed by atoms with E-state index >= 15 is 0 Å². The molecule has 2 aromatic rings. The van der Waals surface area contributed by atoms with Gasteiger partial charge in [-0.15, -0.1) is 0 Å². The third kappa shape index (κ3) is 0.983. The van der Waals surface area contributed by atoms with Crippen LogP contribution in [0.15, 0.2) is 36.4 Å². The molecule has 2 aromatic carbocycles. The largest absolute Gasteiger partial charge is 0.364 e. The quantitative estimate of drug-likeness (QED) is 0.684. The lowest BCUT2D eigenvalue weighted by Gasteiger charge is -2.22. The molecule has 0 fully saturated rings. The summed E-state index contributed by atoms with van der Waals surface area (Å²) in [6, 6.07) is 12.0. The van der Waals surface area contributed by atoms with Gasteiger partial charge in [0.05, 0.1) is 6.61 Å². The minimum Gasteiger partial charge on any atom is -0.364 e. The van der Waals surface area contributed by atoms with Gasteiger partial charge in [-0.1, -0.05) is 36.4 Å². The Balaban J connectivity index is 2.46. The summed E-state index contributed by atoms with van der Waals surface area (Å²) in [5.41, 5.74) is 2.03. The fourth-order valence-corrected chi connectivity index (χ4v) is 2.03. The Hall–Kier alpha value is -1.38. The Morgan fingerprint density at radius 2 is 1.93 bits per heavy atom. The number of ether oxygens (including phenoxy) is 1. The summed E-state index contributed by atoms with van der Waals surface area (Å²) in [7, 11) is 0. The third-order valence-electron chi connectivity index (χ3n) is 2.69. The van der Waals surface area contributed by atoms with Gasteiger partial charge in [0.15, 0.2) is 6.29 Å². The molecule has 0 aromatic heterocycles. The molecule has 2 heteroatoms. The van der Waals surface area contributed by atoms with E-state index in [1.54, 1.807) is 0 Å². The summed E-state index contributed by atoms with van der Waals surface area (Å²) in [6.45, 7) is 0.496. The maximum absolute atomic E-state index is 9.65. The van der Waals surface area contributed by atoms with E-state index in [1.807, 2.05) is 24.3 Å². The van der Waals surface area contributed by atoms with E-state index < -0.39 is 6.29 Å². The second-order valence-electron chi connectivity index (χ2n) is 3.53. The van der Waals surface area contributed by atoms with Crippen molar-refractivity contribution < 1.29 is 9.84 Å². The molecule has 1 aliphatic heterocycles. The topological polar surface area (TPSA) is 29.5 Å². The first-order valence-electron chi connectivity index (χ1n) is 4.66. The van der Waals surface area contributed by atoms with Crippen LogP contribution in [0.3, 0.4) is 0 Å². The van der Waals surface area contributed by atoms with E-state index in [1.165, 1.54) is 5.39 Å². The zero-order valence-electron chi connectivity index (χ0n) is 7.60. The van der Waals surface area contributed by atoms with Crippen LogP contribution in [-0.2, 0) is 11.3 Å². The van der Waals surface area contributed by atoms with Crippen molar-refractivity contribution in [2.24, 2.45) is 0 Å². The van der Waals surface area contributed by atoms with Gasteiger partial charge in [-0.05, 0) is 16.3 Å². The van der Waals surface area contributed by atoms with Gasteiger partial charge in [-0.2, -0.15) is 0 Å². The average molecular weight is 186 g/mol. The highest BCUT2D eigenvalue weighted by Crippen LogP contribution is 2.33. The monoisotopic (exact) mass is 186 g/mol. The van der Waals surface area contributed by atoms with E-state index in [9.17, 15) is 5.11 Å². The number of hydrogen-bond acceptors (Lipinski definition) is 2. The molecule has 14 heavy (non-hydrogen) atoms. The van der Waals surface area contributed by atoms with Crippen LogP contribution < -0.4 is 0 Å². The maximum Gasteiger partial charge on any atom is 0.182 e. The maximum atomic E-state index is 9.65. The number of aliphatic hydroxyl groups is 1. The molecule has 0 saturated carbocycles. The van der Waals surface area contributed by atoms with Gasteiger partial charge >= 0.3 is 0 Å². The lowest BCUT2D eigenvalue weighted by atomic mass is 9.97. The molecule has 1 heterocycles. The molecule has 70 valence electrons. The van der Waals surface area contributed by atoms with Crippen LogP contribution in [0.1, 0.15) is 17.4 Å². The minimum absolute atomic E-state index is 0.496. The standard InChI is InChI=1S/C12H10O2/c13-12-10-6-2-4-8-3-1-5-9(7-14-12)11(8)10/h1-6,12-13H,7H2/t12-/m0/s1. The lowest BCUT2D eigenvalue weighted by molar-refractivity contribution is -0.114. The normalized spacial score (nSPS) is 19.9. The van der Waals surface area contributed by atoms with E-state index in [2.05, 4.69) is 12.1 Å². The predicted molar refractivity (Wildman–Crippen MR) is 53.7 cm³/mol. The first-order chi connectivity index (χ1) is 6.86. The smallest absolute Gasteiger partial charge is 0.182 e. The average Bonchev–Trinajstić information content (AvgIpc) is 2.24. The van der Waals surface area contributed by atoms with E-state index in [0.717, 1.165) is 16.5 Å². The Kier molecular flexibility index (Phi) is 1.60. The zero-order valence-corrected chi connectivity index (χ0v) is 7.60. The van der Waals surface area contributed by atoms with Crippen LogP contribution in [-0.4, -0.2) is 5.11 Å². The van der Waals surface area contributed by atoms with Crippen LogP contribution in [0.5, 0.6) is 0 Å². The summed E-state index contributed by atoms with van der Waals surface area (Å²) < 4.78 is 5.25. The van der Waals surface area contributed by atoms with Crippen molar-refractivity contribution in [3.05, 3.63) is 47.5 Å². The number of hydrogen-bond donors (Lipinski definition) is 1. The molecule has 0 aliphatic carbocycles. The molecule has 0 amide bonds. The minimum atomic E-state index is -0.770. The van der Waals surface area contributed by atoms with Crippen molar-refractivity contribution in [2.75, 3.05) is 0 Å². The van der Waals surface area contributed by atoms with Gasteiger partial charge in [-0.3, -0.25) is 0 Å². The highest BCUT2D eigenvalue weighted by atomic mass is 16.6. The summed E-state index contributed by atoms with van der Waals surface area (Å²) in [6.07, 6.45) is -0.770. The summed E-state index contributed by atoms with van der Waals surface area (Å²) >= 11 is 0. The van der Waals surface area contributed by atoms with Crippen molar-refractivity contribution >= 4 is 10.8 Å². The van der Waals surface area contributed by atoms with Crippen molar-refractivity contribution in [3.63, 3.8) is 0 Å². The molecule has 3 rings (SSSR count). The number of benzene rings is 2. The highest BCUT2D eigenvalue weighted by molar-refractivity contribution is 5.89. The highest BCUT2D eigenvalue weighted by Gasteiger charge is 2.19. The van der Waals surface area contributed by atoms with Gasteiger partial charge in [0, 0.05) is 5.56 Å². The Bertz CT molecular complexity index is 485. The summed E-state index contributed by atoms with van der Waals surface area (Å²) in [4.78, 5) is 0. The molecule has 0 spiro atoms. The van der Waals surface area contributed by atoms with E-state index in [-0.39, 0.29) is 0 Å². The van der Waals surface area contributed by atoms with Crippen LogP contribution in [0.2, 0.25) is 0 Å². The molecule has 0 radical (unpaired) electrons. The lowest BCUT2D eigenvalue weighted by Crippen LogP contribution is -2.10. The van der Waals surface area contributed by atoms with E-state index in [4.69, 9.17) is 4.74 Å². The second-order valence-corrected chi connectivity index (χ2v) is 3.53. The predicted octanol–water partition coefficient (Wildman–Crippen LogP) is 2.36. The molecule has 1 aliphatic rings. The van der Waals surface area contributed by atoms with Crippen LogP contribution in [0.4, 0.5) is 0 Å². The molecular formula is C12H10O2. The number of rotatable bonds is 0. The Labute approximate surface area is 81.7 Å². The molecule has 1 N–H and O–H groups in total. The first kappa shape index (κ1) is 7.97. The molecule has 0 bridgehead atoms. The zero-order chi connectivity index (χ0) is 9.54. The molecule has 2 nitrogen and oxygen atoms in total. The Morgan fingerprint density at radius 3 is 2.79 bits per heavy atom. The van der Waals surface area contributed by atoms with Crippen molar-refractivity contribution in [2.45, 2.75) is 12.9 Å². The Morgan fingerprint density at radius 1 is 1.14 bits per heavy atom. The first-order valence-corrected chi connectivity index (χ1v) is 4.66. The van der Waals surface area contributed by atoms with Crippen LogP contribution >= 0.6 is 0 Å². The summed E-state index contributed by atoms with van der Waals surface area (Å²) in [5, 5.41) is 12.0. The second kappa shape index (κ2) is 2.80. The third-order valence-corrected chi connectivity index (χ3v) is 2.69. The molecule has 0 saturated heterocycles. The van der Waals surface area contributed by atoms with E-state index in [0.29, 0.717) is 6.61 Å². The van der Waals surface area contributed by atoms with Crippen LogP contribution in [0.25, 0.3) is 10.8 Å². The molecule has 0 unspecified atom stereocenters. The SMILES string of the molecule is O[C@H]1OCc2cccc3cccc1c23. The van der Waals surface area contributed by atoms with Gasteiger partial charge < -0.3 is 9.84 Å². The van der Waals surface area contributed by atoms with Crippen LogP contribution in [0, 0.1) is 0 Å². The van der Waals surface area contributed by atoms with Crippen molar-refractivity contribution in [1.82, 2.24) is 0 Å². The van der Waals surface area contributed by atoms with Gasteiger partial charge in [0.2, 0.25) is 0 Å². The fraction of sp³-hybridized carbons (Fsp3) is 0.167. The van der Waals surface area contributed by atoms with Crippen molar-refractivity contribution in [1.29, 1.82) is 0 Å². The molecular weight excluding hydrogens is 176 g/mol.